The van der Waals surface area contributed by atoms with Crippen LogP contribution in [0.25, 0.3) is 0 Å². The number of carbonyl (C=O) groups is 1. The fourth-order valence-electron chi connectivity index (χ4n) is 3.36. The summed E-state index contributed by atoms with van der Waals surface area (Å²) in [5, 5.41) is 5.38. The molecule has 1 N–H and O–H groups in total. The molecule has 1 aliphatic heterocycles. The van der Waals surface area contributed by atoms with Gasteiger partial charge in [0.2, 0.25) is 5.91 Å². The Balaban J connectivity index is 1.52. The number of sulfonamides is 1. The van der Waals surface area contributed by atoms with Crippen LogP contribution in [-0.2, 0) is 21.4 Å². The Morgan fingerprint density at radius 3 is 2.67 bits per heavy atom. The number of nitrogens with zero attached hydrogens (tertiary/aromatic N) is 1. The van der Waals surface area contributed by atoms with Gasteiger partial charge in [-0.1, -0.05) is 36.7 Å². The zero-order chi connectivity index (χ0) is 19.4. The summed E-state index contributed by atoms with van der Waals surface area (Å²) in [6, 6.07) is 10.8. The number of nitrogens with one attached hydrogen (secondary N) is 1. The maximum atomic E-state index is 12.6. The SMILES string of the molecule is CC(C(=O)NCc1cccc(Cl)c1)C1CCN(S(=O)(=O)c2cccs2)CC1. The molecule has 0 aliphatic carbocycles. The first-order chi connectivity index (χ1) is 12.9. The second kappa shape index (κ2) is 8.73. The lowest BCUT2D eigenvalue weighted by Crippen LogP contribution is -2.42. The van der Waals surface area contributed by atoms with Crippen molar-refractivity contribution in [2.45, 2.75) is 30.5 Å². The molecule has 1 aromatic heterocycles. The van der Waals surface area contributed by atoms with E-state index in [0.717, 1.165) is 5.56 Å². The summed E-state index contributed by atoms with van der Waals surface area (Å²) in [6.07, 6.45) is 1.38. The van der Waals surface area contributed by atoms with Crippen LogP contribution in [0.2, 0.25) is 5.02 Å². The molecule has 1 aromatic carbocycles. The molecule has 1 unspecified atom stereocenters. The molecule has 27 heavy (non-hydrogen) atoms. The molecule has 1 fully saturated rings. The van der Waals surface area contributed by atoms with Gasteiger partial charge >= 0.3 is 0 Å². The first-order valence-corrected chi connectivity index (χ1v) is 11.6. The van der Waals surface area contributed by atoms with Crippen molar-refractivity contribution in [1.82, 2.24) is 9.62 Å². The number of hydrogen-bond donors (Lipinski definition) is 1. The lowest BCUT2D eigenvalue weighted by molar-refractivity contribution is -0.126. The van der Waals surface area contributed by atoms with Gasteiger partial charge in [0.05, 0.1) is 0 Å². The zero-order valence-electron chi connectivity index (χ0n) is 15.1. The molecule has 0 bridgehead atoms. The number of benzene rings is 1. The minimum atomic E-state index is -3.40. The Bertz CT molecular complexity index is 876. The van der Waals surface area contributed by atoms with Gasteiger partial charge in [0.25, 0.3) is 10.0 Å². The van der Waals surface area contributed by atoms with Gasteiger partial charge < -0.3 is 5.32 Å². The second-order valence-electron chi connectivity index (χ2n) is 6.81. The van der Waals surface area contributed by atoms with Gasteiger partial charge in [-0.3, -0.25) is 4.79 Å². The van der Waals surface area contributed by atoms with Gasteiger partial charge in [0.1, 0.15) is 4.21 Å². The molecule has 1 saturated heterocycles. The highest BCUT2D eigenvalue weighted by Gasteiger charge is 2.33. The van der Waals surface area contributed by atoms with Crippen LogP contribution in [0.15, 0.2) is 46.0 Å². The third-order valence-corrected chi connectivity index (χ3v) is 8.57. The highest BCUT2D eigenvalue weighted by molar-refractivity contribution is 7.91. The number of hydrogen-bond acceptors (Lipinski definition) is 4. The van der Waals surface area contributed by atoms with Crippen LogP contribution in [-0.4, -0.2) is 31.7 Å². The van der Waals surface area contributed by atoms with Crippen LogP contribution in [0.1, 0.15) is 25.3 Å². The highest BCUT2D eigenvalue weighted by Crippen LogP contribution is 2.30. The summed E-state index contributed by atoms with van der Waals surface area (Å²) in [7, 11) is -3.40. The molecule has 0 spiro atoms. The van der Waals surface area contributed by atoms with Crippen LogP contribution in [0.3, 0.4) is 0 Å². The van der Waals surface area contributed by atoms with Crippen LogP contribution in [0.5, 0.6) is 0 Å². The van der Waals surface area contributed by atoms with Crippen LogP contribution < -0.4 is 5.32 Å². The molecule has 2 heterocycles. The molecule has 0 saturated carbocycles. The molecule has 8 heteroatoms. The minimum Gasteiger partial charge on any atom is -0.352 e. The molecule has 0 radical (unpaired) electrons. The summed E-state index contributed by atoms with van der Waals surface area (Å²) in [6.45, 7) is 3.27. The molecule has 1 amide bonds. The van der Waals surface area contributed by atoms with E-state index in [4.69, 9.17) is 11.6 Å². The van der Waals surface area contributed by atoms with Crippen molar-refractivity contribution in [1.29, 1.82) is 0 Å². The summed E-state index contributed by atoms with van der Waals surface area (Å²) < 4.78 is 27.1. The third kappa shape index (κ3) is 4.90. The Morgan fingerprint density at radius 1 is 1.30 bits per heavy atom. The van der Waals surface area contributed by atoms with Crippen molar-refractivity contribution < 1.29 is 13.2 Å². The maximum Gasteiger partial charge on any atom is 0.252 e. The average molecular weight is 427 g/mol. The fourth-order valence-corrected chi connectivity index (χ4v) is 6.19. The van der Waals surface area contributed by atoms with Crippen LogP contribution in [0.4, 0.5) is 0 Å². The van der Waals surface area contributed by atoms with Crippen molar-refractivity contribution in [3.8, 4) is 0 Å². The highest BCUT2D eigenvalue weighted by atomic mass is 35.5. The number of carbonyl (C=O) groups excluding carboxylic acids is 1. The van der Waals surface area contributed by atoms with Crippen molar-refractivity contribution in [2.24, 2.45) is 11.8 Å². The summed E-state index contributed by atoms with van der Waals surface area (Å²) >= 11 is 7.20. The topological polar surface area (TPSA) is 66.5 Å². The normalized spacial score (nSPS) is 17.6. The van der Waals surface area contributed by atoms with E-state index in [2.05, 4.69) is 5.32 Å². The number of rotatable bonds is 6. The quantitative estimate of drug-likeness (QED) is 0.764. The van der Waals surface area contributed by atoms with Crippen LogP contribution >= 0.6 is 22.9 Å². The molecule has 5 nitrogen and oxygen atoms in total. The van der Waals surface area contributed by atoms with Gasteiger partial charge in [-0.05, 0) is 47.9 Å². The molecular weight excluding hydrogens is 404 g/mol. The van der Waals surface area contributed by atoms with Crippen molar-refractivity contribution >= 4 is 38.9 Å². The Hall–Kier alpha value is -1.41. The van der Waals surface area contributed by atoms with Gasteiger partial charge in [-0.25, -0.2) is 8.42 Å². The predicted molar refractivity (Wildman–Crippen MR) is 108 cm³/mol. The van der Waals surface area contributed by atoms with E-state index < -0.39 is 10.0 Å². The number of halogens is 1. The molecular formula is C19H23ClN2O3S2. The average Bonchev–Trinajstić information content (AvgIpc) is 3.21. The van der Waals surface area contributed by atoms with E-state index in [-0.39, 0.29) is 17.7 Å². The zero-order valence-corrected chi connectivity index (χ0v) is 17.5. The fraction of sp³-hybridized carbons (Fsp3) is 0.421. The number of amides is 1. The van der Waals surface area contributed by atoms with E-state index in [1.807, 2.05) is 25.1 Å². The molecule has 1 aliphatic rings. The van der Waals surface area contributed by atoms with Gasteiger partial charge in [0.15, 0.2) is 0 Å². The smallest absolute Gasteiger partial charge is 0.252 e. The van der Waals surface area contributed by atoms with E-state index in [0.29, 0.717) is 41.7 Å². The lowest BCUT2D eigenvalue weighted by atomic mass is 9.85. The summed E-state index contributed by atoms with van der Waals surface area (Å²) in [4.78, 5) is 12.5. The monoisotopic (exact) mass is 426 g/mol. The van der Waals surface area contributed by atoms with Gasteiger partial charge in [0, 0.05) is 30.6 Å². The third-order valence-electron chi connectivity index (χ3n) is 5.06. The van der Waals surface area contributed by atoms with Gasteiger partial charge in [-0.15, -0.1) is 11.3 Å². The van der Waals surface area contributed by atoms with E-state index in [1.54, 1.807) is 23.6 Å². The largest absolute Gasteiger partial charge is 0.352 e. The first kappa shape index (κ1) is 20.3. The van der Waals surface area contributed by atoms with Crippen molar-refractivity contribution in [2.75, 3.05) is 13.1 Å². The van der Waals surface area contributed by atoms with Gasteiger partial charge in [-0.2, -0.15) is 4.31 Å². The lowest BCUT2D eigenvalue weighted by Gasteiger charge is -2.33. The van der Waals surface area contributed by atoms with Crippen molar-refractivity contribution in [3.05, 3.63) is 52.4 Å². The molecule has 146 valence electrons. The Labute approximate surface area is 169 Å². The molecule has 2 aromatic rings. The maximum absolute atomic E-state index is 12.6. The van der Waals surface area contributed by atoms with Crippen molar-refractivity contribution in [3.63, 3.8) is 0 Å². The Morgan fingerprint density at radius 2 is 2.04 bits per heavy atom. The molecule has 3 rings (SSSR count). The van der Waals surface area contributed by atoms with E-state index >= 15 is 0 Å². The molecule has 1 atom stereocenters. The van der Waals surface area contributed by atoms with E-state index in [9.17, 15) is 13.2 Å². The van der Waals surface area contributed by atoms with E-state index in [1.165, 1.54) is 15.6 Å². The standard InChI is InChI=1S/C19H23ClN2O3S2/c1-14(19(23)21-13-15-4-2-5-17(20)12-15)16-7-9-22(10-8-16)27(24,25)18-6-3-11-26-18/h2-6,11-12,14,16H,7-10,13H2,1H3,(H,21,23). The number of piperidine rings is 1. The summed E-state index contributed by atoms with van der Waals surface area (Å²) in [5.74, 6) is 0.0180. The second-order valence-corrected chi connectivity index (χ2v) is 10.4. The van der Waals surface area contributed by atoms with Crippen LogP contribution in [0, 0.1) is 11.8 Å². The summed E-state index contributed by atoms with van der Waals surface area (Å²) in [5.41, 5.74) is 0.958. The predicted octanol–water partition coefficient (Wildman–Crippen LogP) is 3.75. The minimum absolute atomic E-state index is 0.00506. The number of thiophene rings is 1. The Kier molecular flexibility index (Phi) is 6.57. The first-order valence-electron chi connectivity index (χ1n) is 8.94.